The summed E-state index contributed by atoms with van der Waals surface area (Å²) < 4.78 is 13.4. The van der Waals surface area contributed by atoms with Gasteiger partial charge in [-0.1, -0.05) is 43.2 Å². The predicted octanol–water partition coefficient (Wildman–Crippen LogP) is 4.08. The SMILES string of the molecule is O=C(Cn1nc(-c2ccccc2)c2cnc3cc4c(cc3c21)OCCO4)NC1CCCC1. The first-order valence-corrected chi connectivity index (χ1v) is 11.2. The molecule has 2 aliphatic rings. The van der Waals surface area contributed by atoms with E-state index in [1.165, 1.54) is 12.8 Å². The molecular formula is C25H24N4O3. The molecule has 0 bridgehead atoms. The molecule has 1 fully saturated rings. The summed E-state index contributed by atoms with van der Waals surface area (Å²) in [5.41, 5.74) is 3.48. The number of aromatic nitrogens is 3. The van der Waals surface area contributed by atoms with E-state index in [0.29, 0.717) is 24.7 Å². The average Bonchev–Trinajstić information content (AvgIpc) is 3.46. The lowest BCUT2D eigenvalue weighted by atomic mass is 10.1. The smallest absolute Gasteiger partial charge is 0.241 e. The lowest BCUT2D eigenvalue weighted by Gasteiger charge is -2.19. The highest BCUT2D eigenvalue weighted by Crippen LogP contribution is 2.38. The normalized spacial score (nSPS) is 16.0. The monoisotopic (exact) mass is 428 g/mol. The van der Waals surface area contributed by atoms with Gasteiger partial charge in [-0.05, 0) is 18.9 Å². The maximum Gasteiger partial charge on any atom is 0.241 e. The van der Waals surface area contributed by atoms with E-state index < -0.39 is 0 Å². The van der Waals surface area contributed by atoms with Crippen molar-refractivity contribution in [3.63, 3.8) is 0 Å². The highest BCUT2D eigenvalue weighted by Gasteiger charge is 2.22. The van der Waals surface area contributed by atoms with Crippen LogP contribution in [0.4, 0.5) is 0 Å². The van der Waals surface area contributed by atoms with Gasteiger partial charge in [0.05, 0.1) is 11.0 Å². The van der Waals surface area contributed by atoms with Crippen molar-refractivity contribution in [2.45, 2.75) is 38.3 Å². The lowest BCUT2D eigenvalue weighted by Crippen LogP contribution is -2.35. The van der Waals surface area contributed by atoms with Crippen LogP contribution in [0.15, 0.2) is 48.7 Å². The third-order valence-electron chi connectivity index (χ3n) is 6.30. The van der Waals surface area contributed by atoms with Crippen molar-refractivity contribution in [2.75, 3.05) is 13.2 Å². The first-order valence-electron chi connectivity index (χ1n) is 11.2. The first kappa shape index (κ1) is 19.1. The van der Waals surface area contributed by atoms with Gasteiger partial charge in [0.15, 0.2) is 11.5 Å². The van der Waals surface area contributed by atoms with Crippen molar-refractivity contribution in [3.8, 4) is 22.8 Å². The van der Waals surface area contributed by atoms with E-state index >= 15 is 0 Å². The third kappa shape index (κ3) is 3.34. The van der Waals surface area contributed by atoms with Crippen molar-refractivity contribution in [1.29, 1.82) is 0 Å². The quantitative estimate of drug-likeness (QED) is 0.530. The Balaban J connectivity index is 1.50. The second-order valence-corrected chi connectivity index (χ2v) is 8.45. The fourth-order valence-corrected chi connectivity index (χ4v) is 4.79. The summed E-state index contributed by atoms with van der Waals surface area (Å²) >= 11 is 0. The van der Waals surface area contributed by atoms with Crippen LogP contribution in [0.1, 0.15) is 25.7 Å². The van der Waals surface area contributed by atoms with Crippen LogP contribution in [0.25, 0.3) is 33.1 Å². The van der Waals surface area contributed by atoms with E-state index in [0.717, 1.165) is 45.9 Å². The number of benzene rings is 2. The van der Waals surface area contributed by atoms with Crippen molar-refractivity contribution in [3.05, 3.63) is 48.7 Å². The second kappa shape index (κ2) is 7.82. The number of hydrogen-bond donors (Lipinski definition) is 1. The molecule has 162 valence electrons. The van der Waals surface area contributed by atoms with Crippen LogP contribution in [0, 0.1) is 0 Å². The fourth-order valence-electron chi connectivity index (χ4n) is 4.79. The molecule has 1 amide bonds. The molecule has 0 saturated heterocycles. The molecule has 0 atom stereocenters. The van der Waals surface area contributed by atoms with Gasteiger partial charge in [0.1, 0.15) is 25.5 Å². The number of nitrogens with zero attached hydrogens (tertiary/aromatic N) is 3. The number of nitrogens with one attached hydrogen (secondary N) is 1. The van der Waals surface area contributed by atoms with Crippen molar-refractivity contribution in [1.82, 2.24) is 20.1 Å². The minimum absolute atomic E-state index is 0.0107. The van der Waals surface area contributed by atoms with Crippen molar-refractivity contribution >= 4 is 27.7 Å². The molecule has 1 aliphatic heterocycles. The molecule has 3 heterocycles. The summed E-state index contributed by atoms with van der Waals surface area (Å²) in [5.74, 6) is 1.38. The summed E-state index contributed by atoms with van der Waals surface area (Å²) in [7, 11) is 0. The van der Waals surface area contributed by atoms with Gasteiger partial charge in [-0.2, -0.15) is 5.10 Å². The van der Waals surface area contributed by atoms with E-state index in [-0.39, 0.29) is 18.5 Å². The summed E-state index contributed by atoms with van der Waals surface area (Å²) in [5, 5.41) is 9.87. The maximum atomic E-state index is 12.9. The molecule has 1 aliphatic carbocycles. The molecule has 4 aromatic rings. The van der Waals surface area contributed by atoms with Gasteiger partial charge in [0.2, 0.25) is 5.91 Å². The molecule has 0 radical (unpaired) electrons. The number of ether oxygens (including phenoxy) is 2. The Labute approximate surface area is 185 Å². The van der Waals surface area contributed by atoms with Gasteiger partial charge in [0.25, 0.3) is 0 Å². The van der Waals surface area contributed by atoms with E-state index in [9.17, 15) is 4.79 Å². The lowest BCUT2D eigenvalue weighted by molar-refractivity contribution is -0.122. The van der Waals surface area contributed by atoms with Crippen LogP contribution in [-0.4, -0.2) is 39.9 Å². The number of amides is 1. The van der Waals surface area contributed by atoms with Crippen LogP contribution < -0.4 is 14.8 Å². The van der Waals surface area contributed by atoms with Crippen LogP contribution in [0.3, 0.4) is 0 Å². The molecule has 7 nitrogen and oxygen atoms in total. The van der Waals surface area contributed by atoms with Crippen molar-refractivity contribution in [2.24, 2.45) is 0 Å². The van der Waals surface area contributed by atoms with Gasteiger partial charge in [-0.25, -0.2) is 0 Å². The average molecular weight is 428 g/mol. The summed E-state index contributed by atoms with van der Waals surface area (Å²) in [6.07, 6.45) is 6.30. The molecule has 6 rings (SSSR count). The number of fused-ring (bicyclic) bond motifs is 4. The number of hydrogen-bond acceptors (Lipinski definition) is 5. The number of carbonyl (C=O) groups is 1. The molecule has 1 N–H and O–H groups in total. The van der Waals surface area contributed by atoms with E-state index in [1.807, 2.05) is 53.3 Å². The van der Waals surface area contributed by atoms with Crippen LogP contribution in [0.5, 0.6) is 11.5 Å². The maximum absolute atomic E-state index is 12.9. The highest BCUT2D eigenvalue weighted by molar-refractivity contribution is 6.09. The van der Waals surface area contributed by atoms with Crippen LogP contribution in [-0.2, 0) is 11.3 Å². The Morgan fingerprint density at radius 3 is 2.56 bits per heavy atom. The van der Waals surface area contributed by atoms with Gasteiger partial charge < -0.3 is 14.8 Å². The zero-order chi connectivity index (χ0) is 21.5. The molecule has 0 unspecified atom stereocenters. The third-order valence-corrected chi connectivity index (χ3v) is 6.30. The fraction of sp³-hybridized carbons (Fsp3) is 0.320. The summed E-state index contributed by atoms with van der Waals surface area (Å²) in [6, 6.07) is 14.1. The minimum Gasteiger partial charge on any atom is -0.486 e. The molecule has 0 spiro atoms. The molecule has 2 aromatic heterocycles. The largest absolute Gasteiger partial charge is 0.486 e. The molecule has 1 saturated carbocycles. The Bertz CT molecular complexity index is 1310. The van der Waals surface area contributed by atoms with Gasteiger partial charge in [-0.15, -0.1) is 0 Å². The minimum atomic E-state index is -0.0107. The van der Waals surface area contributed by atoms with Gasteiger partial charge in [0, 0.05) is 34.6 Å². The van der Waals surface area contributed by atoms with Crippen LogP contribution in [0.2, 0.25) is 0 Å². The standard InChI is InChI=1S/C25H24N4O3/c30-23(27-17-8-4-5-9-17)15-29-25-18-12-21-22(32-11-10-31-21)13-20(18)26-14-19(25)24(28-29)16-6-2-1-3-7-16/h1-3,6-7,12-14,17H,4-5,8-11,15H2,(H,27,30). The summed E-state index contributed by atoms with van der Waals surface area (Å²) in [6.45, 7) is 1.20. The summed E-state index contributed by atoms with van der Waals surface area (Å²) in [4.78, 5) is 17.6. The number of carbonyl (C=O) groups excluding carboxylic acids is 1. The van der Waals surface area contributed by atoms with E-state index in [1.54, 1.807) is 0 Å². The van der Waals surface area contributed by atoms with Crippen molar-refractivity contribution < 1.29 is 14.3 Å². The second-order valence-electron chi connectivity index (χ2n) is 8.45. The Morgan fingerprint density at radius 1 is 1.03 bits per heavy atom. The molecule has 2 aromatic carbocycles. The Hall–Kier alpha value is -3.61. The van der Waals surface area contributed by atoms with Gasteiger partial charge in [-0.3, -0.25) is 14.5 Å². The number of rotatable bonds is 4. The van der Waals surface area contributed by atoms with Crippen LogP contribution >= 0.6 is 0 Å². The number of pyridine rings is 1. The molecule has 32 heavy (non-hydrogen) atoms. The molecule has 7 heteroatoms. The zero-order valence-electron chi connectivity index (χ0n) is 17.7. The zero-order valence-corrected chi connectivity index (χ0v) is 17.7. The highest BCUT2D eigenvalue weighted by atomic mass is 16.6. The van der Waals surface area contributed by atoms with E-state index in [2.05, 4.69) is 10.3 Å². The van der Waals surface area contributed by atoms with Gasteiger partial charge >= 0.3 is 0 Å². The van der Waals surface area contributed by atoms with E-state index in [4.69, 9.17) is 14.6 Å². The molecular weight excluding hydrogens is 404 g/mol. The first-order chi connectivity index (χ1) is 15.8. The Morgan fingerprint density at radius 2 is 1.78 bits per heavy atom. The predicted molar refractivity (Wildman–Crippen MR) is 122 cm³/mol. The topological polar surface area (TPSA) is 78.3 Å². The Kier molecular flexibility index (Phi) is 4.67.